The van der Waals surface area contributed by atoms with Gasteiger partial charge in [-0.3, -0.25) is 10.2 Å². The Labute approximate surface area is 131 Å². The van der Waals surface area contributed by atoms with Crippen molar-refractivity contribution in [2.75, 3.05) is 7.05 Å². The molecule has 2 atom stereocenters. The predicted molar refractivity (Wildman–Crippen MR) is 87.3 cm³/mol. The van der Waals surface area contributed by atoms with Crippen molar-refractivity contribution < 1.29 is 9.90 Å². The van der Waals surface area contributed by atoms with Crippen LogP contribution >= 0.6 is 0 Å². The smallest absolute Gasteiger partial charge is 0.265 e. The Hall–Kier alpha value is -2.17. The number of aliphatic hydroxyl groups is 1. The first-order chi connectivity index (χ1) is 10.5. The molecular weight excluding hydrogens is 276 g/mol. The molecule has 0 saturated carbocycles. The van der Waals surface area contributed by atoms with Gasteiger partial charge in [0.15, 0.2) is 0 Å². The topological polar surface area (TPSA) is 52.6 Å². The molecule has 0 aromatic heterocycles. The van der Waals surface area contributed by atoms with Crippen LogP contribution in [0.4, 0.5) is 0 Å². The zero-order valence-corrected chi connectivity index (χ0v) is 13.2. The van der Waals surface area contributed by atoms with Crippen LogP contribution in [-0.4, -0.2) is 29.1 Å². The van der Waals surface area contributed by atoms with Gasteiger partial charge in [-0.1, -0.05) is 48.0 Å². The number of hydrogen-bond acceptors (Lipinski definition) is 3. The number of hydrazine groups is 1. The fraction of sp³-hybridized carbons (Fsp3) is 0.278. The molecule has 0 heterocycles. The van der Waals surface area contributed by atoms with E-state index in [0.29, 0.717) is 5.56 Å². The third-order valence-corrected chi connectivity index (χ3v) is 3.77. The minimum absolute atomic E-state index is 0.182. The lowest BCUT2D eigenvalue weighted by Gasteiger charge is -2.29. The normalized spacial score (nSPS) is 13.7. The molecule has 0 unspecified atom stereocenters. The van der Waals surface area contributed by atoms with Gasteiger partial charge in [0.2, 0.25) is 0 Å². The van der Waals surface area contributed by atoms with Crippen molar-refractivity contribution in [3.63, 3.8) is 0 Å². The highest BCUT2D eigenvalue weighted by Gasteiger charge is 2.22. The molecule has 4 heteroatoms. The van der Waals surface area contributed by atoms with Crippen LogP contribution in [0, 0.1) is 6.92 Å². The summed E-state index contributed by atoms with van der Waals surface area (Å²) in [5, 5.41) is 12.0. The summed E-state index contributed by atoms with van der Waals surface area (Å²) in [5.41, 5.74) is 5.27. The standard InChI is InChI=1S/C18H22N2O2/c1-13-8-7-11-16(12-13)18(22)19-20(3)14(2)17(21)15-9-5-4-6-10-15/h4-12,14,17,21H,1-3H3,(H,19,22)/t14-,17-/m1/s1. The van der Waals surface area contributed by atoms with E-state index >= 15 is 0 Å². The van der Waals surface area contributed by atoms with Crippen molar-refractivity contribution in [1.29, 1.82) is 0 Å². The van der Waals surface area contributed by atoms with Gasteiger partial charge in [-0.05, 0) is 31.5 Å². The van der Waals surface area contributed by atoms with Gasteiger partial charge in [0, 0.05) is 12.6 Å². The number of amides is 1. The van der Waals surface area contributed by atoms with E-state index in [9.17, 15) is 9.90 Å². The molecule has 2 N–H and O–H groups in total. The Kier molecular flexibility index (Phi) is 5.31. The molecule has 0 spiro atoms. The van der Waals surface area contributed by atoms with E-state index in [1.807, 2.05) is 62.4 Å². The molecule has 22 heavy (non-hydrogen) atoms. The van der Waals surface area contributed by atoms with Crippen LogP contribution in [-0.2, 0) is 0 Å². The van der Waals surface area contributed by atoms with E-state index in [2.05, 4.69) is 5.43 Å². The van der Waals surface area contributed by atoms with Crippen LogP contribution < -0.4 is 5.43 Å². The molecule has 0 aliphatic heterocycles. The minimum atomic E-state index is -0.677. The second kappa shape index (κ2) is 7.20. The number of carbonyl (C=O) groups is 1. The fourth-order valence-electron chi connectivity index (χ4n) is 2.25. The predicted octanol–water partition coefficient (Wildman–Crippen LogP) is 2.69. The van der Waals surface area contributed by atoms with Crippen molar-refractivity contribution in [3.8, 4) is 0 Å². The summed E-state index contributed by atoms with van der Waals surface area (Å²) in [6.45, 7) is 3.82. The Balaban J connectivity index is 2.02. The van der Waals surface area contributed by atoms with Gasteiger partial charge in [0.1, 0.15) is 0 Å². The average Bonchev–Trinajstić information content (AvgIpc) is 2.54. The molecule has 4 nitrogen and oxygen atoms in total. The summed E-state index contributed by atoms with van der Waals surface area (Å²) in [7, 11) is 1.75. The summed E-state index contributed by atoms with van der Waals surface area (Å²) in [5.74, 6) is -0.182. The van der Waals surface area contributed by atoms with Gasteiger partial charge < -0.3 is 5.11 Å². The summed E-state index contributed by atoms with van der Waals surface area (Å²) in [6.07, 6.45) is -0.677. The third kappa shape index (κ3) is 3.93. The lowest BCUT2D eigenvalue weighted by atomic mass is 10.0. The molecular formula is C18H22N2O2. The number of nitrogens with zero attached hydrogens (tertiary/aromatic N) is 1. The van der Waals surface area contributed by atoms with Gasteiger partial charge in [-0.25, -0.2) is 5.01 Å². The highest BCUT2D eigenvalue weighted by molar-refractivity contribution is 5.93. The summed E-state index contributed by atoms with van der Waals surface area (Å²) < 4.78 is 0. The number of carbonyl (C=O) groups excluding carboxylic acids is 1. The lowest BCUT2D eigenvalue weighted by molar-refractivity contribution is 0.0386. The first-order valence-electron chi connectivity index (χ1n) is 7.32. The van der Waals surface area contributed by atoms with Crippen molar-refractivity contribution in [2.45, 2.75) is 26.0 Å². The average molecular weight is 298 g/mol. The van der Waals surface area contributed by atoms with Crippen molar-refractivity contribution in [1.82, 2.24) is 10.4 Å². The summed E-state index contributed by atoms with van der Waals surface area (Å²) >= 11 is 0. The number of benzene rings is 2. The van der Waals surface area contributed by atoms with Crippen LogP contribution in [0.15, 0.2) is 54.6 Å². The molecule has 2 aromatic carbocycles. The maximum Gasteiger partial charge on any atom is 0.265 e. The monoisotopic (exact) mass is 298 g/mol. The highest BCUT2D eigenvalue weighted by atomic mass is 16.3. The summed E-state index contributed by atoms with van der Waals surface area (Å²) in [4.78, 5) is 12.2. The van der Waals surface area contributed by atoms with Crippen LogP contribution in [0.2, 0.25) is 0 Å². The fourth-order valence-corrected chi connectivity index (χ4v) is 2.25. The molecule has 0 aliphatic rings. The quantitative estimate of drug-likeness (QED) is 0.835. The zero-order chi connectivity index (χ0) is 16.1. The van der Waals surface area contributed by atoms with Crippen molar-refractivity contribution in [3.05, 3.63) is 71.3 Å². The van der Waals surface area contributed by atoms with Gasteiger partial charge in [0.05, 0.1) is 12.1 Å². The van der Waals surface area contributed by atoms with E-state index in [1.165, 1.54) is 0 Å². The number of hydrogen-bond donors (Lipinski definition) is 2. The number of nitrogens with one attached hydrogen (secondary N) is 1. The highest BCUT2D eigenvalue weighted by Crippen LogP contribution is 2.19. The second-order valence-corrected chi connectivity index (χ2v) is 5.52. The molecule has 1 amide bonds. The Morgan fingerprint density at radius 1 is 1.14 bits per heavy atom. The Morgan fingerprint density at radius 2 is 1.82 bits per heavy atom. The van der Waals surface area contributed by atoms with Gasteiger partial charge >= 0.3 is 0 Å². The molecule has 116 valence electrons. The van der Waals surface area contributed by atoms with E-state index in [-0.39, 0.29) is 11.9 Å². The number of aliphatic hydroxyl groups excluding tert-OH is 1. The molecule has 0 bridgehead atoms. The maximum absolute atomic E-state index is 12.2. The van der Waals surface area contributed by atoms with Gasteiger partial charge in [0.25, 0.3) is 5.91 Å². The second-order valence-electron chi connectivity index (χ2n) is 5.52. The first kappa shape index (κ1) is 16.2. The molecule has 0 aliphatic carbocycles. The lowest BCUT2D eigenvalue weighted by Crippen LogP contribution is -2.47. The minimum Gasteiger partial charge on any atom is -0.387 e. The number of aryl methyl sites for hydroxylation is 1. The zero-order valence-electron chi connectivity index (χ0n) is 13.2. The van der Waals surface area contributed by atoms with E-state index in [1.54, 1.807) is 18.1 Å². The van der Waals surface area contributed by atoms with Crippen molar-refractivity contribution >= 4 is 5.91 Å². The van der Waals surface area contributed by atoms with E-state index < -0.39 is 6.10 Å². The first-order valence-corrected chi connectivity index (χ1v) is 7.32. The number of likely N-dealkylation sites (N-methyl/N-ethyl adjacent to an activating group) is 1. The maximum atomic E-state index is 12.2. The van der Waals surface area contributed by atoms with Crippen LogP contribution in [0.5, 0.6) is 0 Å². The van der Waals surface area contributed by atoms with E-state index in [4.69, 9.17) is 0 Å². The van der Waals surface area contributed by atoms with Crippen LogP contribution in [0.1, 0.15) is 34.5 Å². The third-order valence-electron chi connectivity index (χ3n) is 3.77. The van der Waals surface area contributed by atoms with Gasteiger partial charge in [-0.15, -0.1) is 0 Å². The summed E-state index contributed by atoms with van der Waals surface area (Å²) in [6, 6.07) is 16.6. The van der Waals surface area contributed by atoms with Crippen LogP contribution in [0.25, 0.3) is 0 Å². The molecule has 2 aromatic rings. The molecule has 2 rings (SSSR count). The van der Waals surface area contributed by atoms with Crippen molar-refractivity contribution in [2.24, 2.45) is 0 Å². The molecule has 0 fully saturated rings. The van der Waals surface area contributed by atoms with Crippen LogP contribution in [0.3, 0.4) is 0 Å². The molecule has 0 saturated heterocycles. The van der Waals surface area contributed by atoms with E-state index in [0.717, 1.165) is 11.1 Å². The van der Waals surface area contributed by atoms with Gasteiger partial charge in [-0.2, -0.15) is 0 Å². The Morgan fingerprint density at radius 3 is 2.45 bits per heavy atom. The number of rotatable bonds is 5. The SMILES string of the molecule is Cc1cccc(C(=O)NN(C)[C@H](C)[C@@H](O)c2ccccc2)c1. The largest absolute Gasteiger partial charge is 0.387 e. The Bertz CT molecular complexity index is 628. The molecule has 0 radical (unpaired) electrons.